The van der Waals surface area contributed by atoms with Crippen LogP contribution < -0.4 is 0 Å². The van der Waals surface area contributed by atoms with E-state index < -0.39 is 24.7 Å². The molecule has 0 saturated carbocycles. The minimum absolute atomic E-state index is 0.149. The van der Waals surface area contributed by atoms with Gasteiger partial charge in [0.1, 0.15) is 6.04 Å². The molecule has 0 heterocycles. The van der Waals surface area contributed by atoms with E-state index in [9.17, 15) is 18.0 Å². The monoisotopic (exact) mass is 241 g/mol. The second-order valence-corrected chi connectivity index (χ2v) is 3.73. The summed E-state index contributed by atoms with van der Waals surface area (Å²) in [6.45, 7) is 2.48. The van der Waals surface area contributed by atoms with Gasteiger partial charge in [-0.15, -0.1) is 0 Å². The van der Waals surface area contributed by atoms with E-state index in [1.54, 1.807) is 13.8 Å². The van der Waals surface area contributed by atoms with E-state index in [-0.39, 0.29) is 13.0 Å². The highest BCUT2D eigenvalue weighted by Crippen LogP contribution is 2.20. The first-order chi connectivity index (χ1) is 7.31. The lowest BCUT2D eigenvalue weighted by Gasteiger charge is -2.28. The number of rotatable bonds is 7. The summed E-state index contributed by atoms with van der Waals surface area (Å²) in [5, 5.41) is 8.89. The number of hydrogen-bond donors (Lipinski definition) is 1. The van der Waals surface area contributed by atoms with Gasteiger partial charge in [-0.3, -0.25) is 9.69 Å². The second-order valence-electron chi connectivity index (χ2n) is 3.73. The SMILES string of the molecule is CCCC(C(=O)O)N(CCC)CC(F)(F)F. The number of aliphatic carboxylic acids is 1. The molecule has 0 radical (unpaired) electrons. The third-order valence-corrected chi connectivity index (χ3v) is 2.18. The molecule has 0 rings (SSSR count). The maximum absolute atomic E-state index is 12.3. The van der Waals surface area contributed by atoms with Gasteiger partial charge in [-0.2, -0.15) is 13.2 Å². The number of hydrogen-bond acceptors (Lipinski definition) is 2. The van der Waals surface area contributed by atoms with Crippen molar-refractivity contribution < 1.29 is 23.1 Å². The molecule has 3 nitrogen and oxygen atoms in total. The molecule has 16 heavy (non-hydrogen) atoms. The van der Waals surface area contributed by atoms with Crippen LogP contribution in [0.3, 0.4) is 0 Å². The minimum atomic E-state index is -4.35. The van der Waals surface area contributed by atoms with Gasteiger partial charge in [-0.1, -0.05) is 20.3 Å². The highest BCUT2D eigenvalue weighted by molar-refractivity contribution is 5.73. The quantitative estimate of drug-likeness (QED) is 0.744. The third-order valence-electron chi connectivity index (χ3n) is 2.18. The van der Waals surface area contributed by atoms with Gasteiger partial charge in [0.15, 0.2) is 0 Å². The van der Waals surface area contributed by atoms with Crippen molar-refractivity contribution in [1.82, 2.24) is 4.90 Å². The first-order valence-corrected chi connectivity index (χ1v) is 5.35. The van der Waals surface area contributed by atoms with Gasteiger partial charge < -0.3 is 5.11 Å². The van der Waals surface area contributed by atoms with Gasteiger partial charge >= 0.3 is 12.1 Å². The van der Waals surface area contributed by atoms with Crippen LogP contribution in [0.25, 0.3) is 0 Å². The summed E-state index contributed by atoms with van der Waals surface area (Å²) in [4.78, 5) is 11.9. The average molecular weight is 241 g/mol. The molecule has 96 valence electrons. The number of halogens is 3. The number of alkyl halides is 3. The van der Waals surface area contributed by atoms with E-state index in [0.717, 1.165) is 4.90 Å². The summed E-state index contributed by atoms with van der Waals surface area (Å²) in [6, 6.07) is -1.04. The molecule has 0 bridgehead atoms. The smallest absolute Gasteiger partial charge is 0.401 e. The lowest BCUT2D eigenvalue weighted by atomic mass is 10.1. The molecule has 1 N–H and O–H groups in total. The molecule has 0 aromatic heterocycles. The topological polar surface area (TPSA) is 40.5 Å². The minimum Gasteiger partial charge on any atom is -0.480 e. The zero-order valence-electron chi connectivity index (χ0n) is 9.55. The van der Waals surface area contributed by atoms with Crippen molar-refractivity contribution in [3.63, 3.8) is 0 Å². The van der Waals surface area contributed by atoms with Gasteiger partial charge in [0.05, 0.1) is 6.54 Å². The van der Waals surface area contributed by atoms with E-state index in [1.165, 1.54) is 0 Å². The van der Waals surface area contributed by atoms with Crippen LogP contribution in [0.5, 0.6) is 0 Å². The Morgan fingerprint density at radius 3 is 2.19 bits per heavy atom. The molecular formula is C10H18F3NO2. The lowest BCUT2D eigenvalue weighted by molar-refractivity contribution is -0.162. The molecule has 0 aromatic carbocycles. The summed E-state index contributed by atoms with van der Waals surface area (Å²) < 4.78 is 36.8. The van der Waals surface area contributed by atoms with Crippen LogP contribution in [0.2, 0.25) is 0 Å². The number of carbonyl (C=O) groups is 1. The Balaban J connectivity index is 4.63. The van der Waals surface area contributed by atoms with Crippen LogP contribution in [-0.4, -0.2) is 41.3 Å². The standard InChI is InChI=1S/C10H18F3NO2/c1-3-5-8(9(15)16)14(6-4-2)7-10(11,12)13/h8H,3-7H2,1-2H3,(H,15,16). The van der Waals surface area contributed by atoms with Gasteiger partial charge in [-0.25, -0.2) is 0 Å². The molecule has 0 spiro atoms. The summed E-state index contributed by atoms with van der Waals surface area (Å²) in [6.07, 6.45) is -3.05. The Labute approximate surface area is 93.2 Å². The van der Waals surface area contributed by atoms with E-state index in [1.807, 2.05) is 0 Å². The number of carboxylic acid groups (broad SMARTS) is 1. The number of nitrogens with zero attached hydrogens (tertiary/aromatic N) is 1. The fraction of sp³-hybridized carbons (Fsp3) is 0.900. The average Bonchev–Trinajstić information content (AvgIpc) is 2.10. The molecule has 0 saturated heterocycles. The zero-order chi connectivity index (χ0) is 12.8. The molecule has 0 aliphatic rings. The molecule has 0 aliphatic carbocycles. The van der Waals surface area contributed by atoms with Gasteiger partial charge in [0.2, 0.25) is 0 Å². The number of carboxylic acids is 1. The van der Waals surface area contributed by atoms with Crippen molar-refractivity contribution in [3.8, 4) is 0 Å². The third kappa shape index (κ3) is 5.95. The molecular weight excluding hydrogens is 223 g/mol. The first kappa shape index (κ1) is 15.2. The summed E-state index contributed by atoms with van der Waals surface area (Å²) in [5.41, 5.74) is 0. The maximum atomic E-state index is 12.3. The Bertz CT molecular complexity index is 219. The van der Waals surface area contributed by atoms with E-state index in [2.05, 4.69) is 0 Å². The Morgan fingerprint density at radius 2 is 1.88 bits per heavy atom. The fourth-order valence-corrected chi connectivity index (χ4v) is 1.60. The van der Waals surface area contributed by atoms with Crippen molar-refractivity contribution in [2.24, 2.45) is 0 Å². The zero-order valence-corrected chi connectivity index (χ0v) is 9.55. The highest BCUT2D eigenvalue weighted by atomic mass is 19.4. The molecule has 6 heteroatoms. The van der Waals surface area contributed by atoms with Gasteiger partial charge in [-0.05, 0) is 19.4 Å². The van der Waals surface area contributed by atoms with E-state index in [4.69, 9.17) is 5.11 Å². The van der Waals surface area contributed by atoms with Crippen molar-refractivity contribution in [3.05, 3.63) is 0 Å². The van der Waals surface area contributed by atoms with Crippen molar-refractivity contribution in [2.45, 2.75) is 45.3 Å². The Hall–Kier alpha value is -0.780. The van der Waals surface area contributed by atoms with Crippen LogP contribution in [0.15, 0.2) is 0 Å². The predicted molar refractivity (Wildman–Crippen MR) is 54.3 cm³/mol. The van der Waals surface area contributed by atoms with Gasteiger partial charge in [0, 0.05) is 0 Å². The van der Waals surface area contributed by atoms with Gasteiger partial charge in [0.25, 0.3) is 0 Å². The fourth-order valence-electron chi connectivity index (χ4n) is 1.60. The molecule has 0 aromatic rings. The van der Waals surface area contributed by atoms with Crippen LogP contribution in [0, 0.1) is 0 Å². The van der Waals surface area contributed by atoms with Crippen LogP contribution in [-0.2, 0) is 4.79 Å². The van der Waals surface area contributed by atoms with Crippen LogP contribution in [0.1, 0.15) is 33.1 Å². The lowest BCUT2D eigenvalue weighted by Crippen LogP contribution is -2.46. The second kappa shape index (κ2) is 6.73. The molecule has 1 atom stereocenters. The van der Waals surface area contributed by atoms with Crippen molar-refractivity contribution >= 4 is 5.97 Å². The van der Waals surface area contributed by atoms with Crippen LogP contribution >= 0.6 is 0 Å². The summed E-state index contributed by atoms with van der Waals surface area (Å²) in [5.74, 6) is -1.18. The molecule has 0 amide bonds. The normalized spacial score (nSPS) is 14.1. The largest absolute Gasteiger partial charge is 0.480 e. The first-order valence-electron chi connectivity index (χ1n) is 5.35. The molecule has 1 unspecified atom stereocenters. The molecule has 0 fully saturated rings. The van der Waals surface area contributed by atoms with E-state index in [0.29, 0.717) is 12.8 Å². The molecule has 0 aliphatic heterocycles. The highest BCUT2D eigenvalue weighted by Gasteiger charge is 2.35. The van der Waals surface area contributed by atoms with Crippen molar-refractivity contribution in [2.75, 3.05) is 13.1 Å². The summed E-state index contributed by atoms with van der Waals surface area (Å²) >= 11 is 0. The predicted octanol–water partition coefficient (Wildman–Crippen LogP) is 2.51. The van der Waals surface area contributed by atoms with Crippen molar-refractivity contribution in [1.29, 1.82) is 0 Å². The maximum Gasteiger partial charge on any atom is 0.401 e. The Kier molecular flexibility index (Phi) is 6.40. The summed E-state index contributed by atoms with van der Waals surface area (Å²) in [7, 11) is 0. The van der Waals surface area contributed by atoms with E-state index >= 15 is 0 Å². The van der Waals surface area contributed by atoms with Crippen LogP contribution in [0.4, 0.5) is 13.2 Å². The Morgan fingerprint density at radius 1 is 1.31 bits per heavy atom.